The summed E-state index contributed by atoms with van der Waals surface area (Å²) >= 11 is 1.53. The molecule has 6 nitrogen and oxygen atoms in total. The van der Waals surface area contributed by atoms with Crippen LogP contribution in [0.2, 0.25) is 0 Å². The molecule has 0 aliphatic carbocycles. The summed E-state index contributed by atoms with van der Waals surface area (Å²) in [5, 5.41) is 3.79. The van der Waals surface area contributed by atoms with E-state index in [2.05, 4.69) is 15.3 Å². The molecule has 2 aromatic heterocycles. The standard InChI is InChI=1S/C22H19N3O3S/c1-14-17(21-25-19-10-5-11-23-22(19)29-21)8-4-9-18(14)24-20(26)13-28-16-7-3-6-15(12-16)27-2/h3-12H,13H2,1-2H3,(H,24,26). The number of thiazole rings is 1. The fourth-order valence-corrected chi connectivity index (χ4v) is 3.90. The number of aromatic nitrogens is 2. The lowest BCUT2D eigenvalue weighted by atomic mass is 10.1. The molecule has 0 radical (unpaired) electrons. The summed E-state index contributed by atoms with van der Waals surface area (Å²) in [5.74, 6) is 1.02. The molecule has 1 N–H and O–H groups in total. The first-order valence-corrected chi connectivity index (χ1v) is 9.84. The van der Waals surface area contributed by atoms with Crippen molar-refractivity contribution in [2.24, 2.45) is 0 Å². The maximum absolute atomic E-state index is 12.4. The molecule has 0 bridgehead atoms. The van der Waals surface area contributed by atoms with E-state index < -0.39 is 0 Å². The van der Waals surface area contributed by atoms with E-state index in [1.807, 2.05) is 49.4 Å². The summed E-state index contributed by atoms with van der Waals surface area (Å²) < 4.78 is 10.7. The van der Waals surface area contributed by atoms with Gasteiger partial charge in [-0.05, 0) is 42.8 Å². The first kappa shape index (κ1) is 18.9. The van der Waals surface area contributed by atoms with Gasteiger partial charge < -0.3 is 14.8 Å². The Labute approximate surface area is 172 Å². The molecule has 4 aromatic rings. The third kappa shape index (κ3) is 4.20. The second kappa shape index (κ2) is 8.28. The van der Waals surface area contributed by atoms with Gasteiger partial charge in [-0.25, -0.2) is 9.97 Å². The second-order valence-electron chi connectivity index (χ2n) is 6.34. The number of ether oxygens (including phenoxy) is 2. The SMILES string of the molecule is COc1cccc(OCC(=O)Nc2cccc(-c3nc4cccnc4s3)c2C)c1. The molecule has 0 atom stereocenters. The van der Waals surface area contributed by atoms with Gasteiger partial charge in [0.2, 0.25) is 0 Å². The summed E-state index contributed by atoms with van der Waals surface area (Å²) in [6.45, 7) is 1.87. The van der Waals surface area contributed by atoms with Crippen molar-refractivity contribution in [1.82, 2.24) is 9.97 Å². The van der Waals surface area contributed by atoms with E-state index in [-0.39, 0.29) is 12.5 Å². The summed E-state index contributed by atoms with van der Waals surface area (Å²) in [4.78, 5) is 22.3. The van der Waals surface area contributed by atoms with Crippen LogP contribution in [0.5, 0.6) is 11.5 Å². The summed E-state index contributed by atoms with van der Waals surface area (Å²) in [5.41, 5.74) is 3.52. The maximum atomic E-state index is 12.4. The van der Waals surface area contributed by atoms with E-state index in [1.54, 1.807) is 25.4 Å². The van der Waals surface area contributed by atoms with Crippen LogP contribution in [-0.4, -0.2) is 29.6 Å². The molecule has 2 heterocycles. The molecule has 29 heavy (non-hydrogen) atoms. The van der Waals surface area contributed by atoms with Gasteiger partial charge in [-0.15, -0.1) is 0 Å². The topological polar surface area (TPSA) is 73.3 Å². The lowest BCUT2D eigenvalue weighted by Gasteiger charge is -2.12. The van der Waals surface area contributed by atoms with Crippen molar-refractivity contribution in [3.8, 4) is 22.1 Å². The number of nitrogens with zero attached hydrogens (tertiary/aromatic N) is 2. The van der Waals surface area contributed by atoms with Gasteiger partial charge in [0.15, 0.2) is 6.61 Å². The molecule has 0 saturated heterocycles. The largest absolute Gasteiger partial charge is 0.497 e. The molecule has 146 valence electrons. The number of hydrogen-bond acceptors (Lipinski definition) is 6. The van der Waals surface area contributed by atoms with E-state index >= 15 is 0 Å². The van der Waals surface area contributed by atoms with Crippen LogP contribution in [0.4, 0.5) is 5.69 Å². The zero-order valence-corrected chi connectivity index (χ0v) is 16.8. The molecular weight excluding hydrogens is 386 g/mol. The smallest absolute Gasteiger partial charge is 0.262 e. The van der Waals surface area contributed by atoms with Gasteiger partial charge in [0, 0.05) is 23.5 Å². The lowest BCUT2D eigenvalue weighted by Crippen LogP contribution is -2.20. The van der Waals surface area contributed by atoms with Crippen LogP contribution in [0.1, 0.15) is 5.56 Å². The van der Waals surface area contributed by atoms with Crippen LogP contribution >= 0.6 is 11.3 Å². The molecule has 1 amide bonds. The number of methoxy groups -OCH3 is 1. The van der Waals surface area contributed by atoms with Crippen molar-refractivity contribution in [3.05, 3.63) is 66.4 Å². The van der Waals surface area contributed by atoms with Crippen molar-refractivity contribution in [3.63, 3.8) is 0 Å². The van der Waals surface area contributed by atoms with E-state index in [0.29, 0.717) is 11.5 Å². The number of hydrogen-bond donors (Lipinski definition) is 1. The number of benzene rings is 2. The fourth-order valence-electron chi connectivity index (χ4n) is 2.91. The summed E-state index contributed by atoms with van der Waals surface area (Å²) in [7, 11) is 1.59. The van der Waals surface area contributed by atoms with Crippen molar-refractivity contribution < 1.29 is 14.3 Å². The van der Waals surface area contributed by atoms with Gasteiger partial charge in [0.05, 0.1) is 7.11 Å². The number of rotatable bonds is 6. The average Bonchev–Trinajstić information content (AvgIpc) is 3.18. The minimum absolute atomic E-state index is 0.0953. The number of pyridine rings is 1. The van der Waals surface area contributed by atoms with E-state index in [4.69, 9.17) is 9.47 Å². The van der Waals surface area contributed by atoms with Crippen LogP contribution < -0.4 is 14.8 Å². The summed E-state index contributed by atoms with van der Waals surface area (Å²) in [6, 6.07) is 16.7. The van der Waals surface area contributed by atoms with Crippen LogP contribution in [0, 0.1) is 6.92 Å². The highest BCUT2D eigenvalue weighted by molar-refractivity contribution is 7.21. The Kier molecular flexibility index (Phi) is 5.39. The van der Waals surface area contributed by atoms with E-state index in [9.17, 15) is 4.79 Å². The van der Waals surface area contributed by atoms with Gasteiger partial charge >= 0.3 is 0 Å². The molecule has 0 unspecified atom stereocenters. The molecule has 7 heteroatoms. The van der Waals surface area contributed by atoms with Gasteiger partial charge in [0.1, 0.15) is 26.9 Å². The first-order chi connectivity index (χ1) is 14.1. The molecular formula is C22H19N3O3S. The van der Waals surface area contributed by atoms with Gasteiger partial charge in [-0.2, -0.15) is 0 Å². The predicted molar refractivity (Wildman–Crippen MR) is 115 cm³/mol. The molecule has 0 spiro atoms. The minimum atomic E-state index is -0.237. The van der Waals surface area contributed by atoms with Gasteiger partial charge in [-0.3, -0.25) is 4.79 Å². The highest BCUT2D eigenvalue weighted by Crippen LogP contribution is 2.33. The lowest BCUT2D eigenvalue weighted by molar-refractivity contribution is -0.118. The molecule has 4 rings (SSSR count). The molecule has 0 aliphatic heterocycles. The maximum Gasteiger partial charge on any atom is 0.262 e. The van der Waals surface area contributed by atoms with Crippen LogP contribution in [0.15, 0.2) is 60.8 Å². The van der Waals surface area contributed by atoms with Crippen molar-refractivity contribution in [1.29, 1.82) is 0 Å². The van der Waals surface area contributed by atoms with Crippen molar-refractivity contribution >= 4 is 33.3 Å². The number of nitrogens with one attached hydrogen (secondary N) is 1. The Morgan fingerprint density at radius 1 is 1.10 bits per heavy atom. The fraction of sp³-hybridized carbons (Fsp3) is 0.136. The Bertz CT molecular complexity index is 1140. The zero-order chi connectivity index (χ0) is 20.2. The third-order valence-electron chi connectivity index (χ3n) is 4.42. The number of carbonyl (C=O) groups is 1. The minimum Gasteiger partial charge on any atom is -0.497 e. The third-order valence-corrected chi connectivity index (χ3v) is 5.43. The number of fused-ring (bicyclic) bond motifs is 1. The zero-order valence-electron chi connectivity index (χ0n) is 16.0. The molecule has 0 aliphatic rings. The van der Waals surface area contributed by atoms with E-state index in [0.717, 1.165) is 32.2 Å². The Morgan fingerprint density at radius 3 is 2.76 bits per heavy atom. The number of amides is 1. The summed E-state index contributed by atoms with van der Waals surface area (Å²) in [6.07, 6.45) is 1.76. The number of anilines is 1. The van der Waals surface area contributed by atoms with Gasteiger partial charge in [-0.1, -0.05) is 29.5 Å². The molecule has 0 fully saturated rings. The second-order valence-corrected chi connectivity index (χ2v) is 7.32. The van der Waals surface area contributed by atoms with Crippen LogP contribution in [-0.2, 0) is 4.79 Å². The number of carbonyl (C=O) groups excluding carboxylic acids is 1. The van der Waals surface area contributed by atoms with Crippen molar-refractivity contribution in [2.75, 3.05) is 19.0 Å². The van der Waals surface area contributed by atoms with Crippen molar-refractivity contribution in [2.45, 2.75) is 6.92 Å². The Morgan fingerprint density at radius 2 is 1.93 bits per heavy atom. The average molecular weight is 405 g/mol. The molecule has 0 saturated carbocycles. The Hall–Kier alpha value is -3.45. The van der Waals surface area contributed by atoms with Crippen LogP contribution in [0.3, 0.4) is 0 Å². The quantitative estimate of drug-likeness (QED) is 0.504. The normalized spacial score (nSPS) is 10.7. The van der Waals surface area contributed by atoms with Crippen LogP contribution in [0.25, 0.3) is 20.9 Å². The predicted octanol–water partition coefficient (Wildman–Crippen LogP) is 4.69. The highest BCUT2D eigenvalue weighted by Gasteiger charge is 2.13. The molecule has 2 aromatic carbocycles. The first-order valence-electron chi connectivity index (χ1n) is 9.02. The highest BCUT2D eigenvalue weighted by atomic mass is 32.1. The van der Waals surface area contributed by atoms with Gasteiger partial charge in [0.25, 0.3) is 5.91 Å². The monoisotopic (exact) mass is 405 g/mol. The van der Waals surface area contributed by atoms with E-state index in [1.165, 1.54) is 11.3 Å². The Balaban J connectivity index is 1.49.